The highest BCUT2D eigenvalue weighted by atomic mass is 32.2. The molecule has 3 rings (SSSR count). The van der Waals surface area contributed by atoms with Crippen LogP contribution < -0.4 is 10.6 Å². The van der Waals surface area contributed by atoms with Gasteiger partial charge in [-0.05, 0) is 68.8 Å². The molecule has 2 aromatic carbocycles. The molecule has 8 heteroatoms. The summed E-state index contributed by atoms with van der Waals surface area (Å²) in [6.45, 7) is 6.32. The van der Waals surface area contributed by atoms with Crippen LogP contribution in [0.2, 0.25) is 0 Å². The summed E-state index contributed by atoms with van der Waals surface area (Å²) in [5.41, 5.74) is 1.18. The summed E-state index contributed by atoms with van der Waals surface area (Å²) in [4.78, 5) is 12.5. The summed E-state index contributed by atoms with van der Waals surface area (Å²) < 4.78 is 40.6. The largest absolute Gasteiger partial charge is 0.322 e. The Hall–Kier alpha value is -2.29. The SMILES string of the molecule is Cc1cc(C(=O)Nc2ccc(S(=O)(=O)N3CC(C)NC(C)C3)cc2)ccc1F. The number of anilines is 1. The van der Waals surface area contributed by atoms with E-state index in [1.807, 2.05) is 13.8 Å². The van der Waals surface area contributed by atoms with Crippen LogP contribution in [0.1, 0.15) is 29.8 Å². The second-order valence-electron chi connectivity index (χ2n) is 7.23. The van der Waals surface area contributed by atoms with Crippen molar-refractivity contribution in [3.8, 4) is 0 Å². The van der Waals surface area contributed by atoms with Crippen LogP contribution in [-0.4, -0.2) is 43.8 Å². The van der Waals surface area contributed by atoms with E-state index in [1.54, 1.807) is 19.1 Å². The zero-order chi connectivity index (χ0) is 20.5. The van der Waals surface area contributed by atoms with Crippen molar-refractivity contribution in [2.75, 3.05) is 18.4 Å². The molecule has 2 aromatic rings. The lowest BCUT2D eigenvalue weighted by Crippen LogP contribution is -2.55. The Balaban J connectivity index is 1.74. The average Bonchev–Trinajstić information content (AvgIpc) is 2.63. The minimum atomic E-state index is -3.60. The van der Waals surface area contributed by atoms with Gasteiger partial charge in [0, 0.05) is 36.4 Å². The van der Waals surface area contributed by atoms with E-state index >= 15 is 0 Å². The van der Waals surface area contributed by atoms with Crippen molar-refractivity contribution in [1.82, 2.24) is 9.62 Å². The predicted molar refractivity (Wildman–Crippen MR) is 106 cm³/mol. The first-order valence-corrected chi connectivity index (χ1v) is 10.5. The lowest BCUT2D eigenvalue weighted by Gasteiger charge is -2.35. The third kappa shape index (κ3) is 4.40. The van der Waals surface area contributed by atoms with Gasteiger partial charge in [0.05, 0.1) is 4.90 Å². The van der Waals surface area contributed by atoms with Crippen LogP contribution in [0.25, 0.3) is 0 Å². The van der Waals surface area contributed by atoms with E-state index in [2.05, 4.69) is 10.6 Å². The molecule has 1 heterocycles. The number of hydrogen-bond donors (Lipinski definition) is 2. The van der Waals surface area contributed by atoms with Gasteiger partial charge in [-0.2, -0.15) is 4.31 Å². The number of hydrogen-bond acceptors (Lipinski definition) is 4. The Morgan fingerprint density at radius 2 is 1.71 bits per heavy atom. The molecule has 0 saturated carbocycles. The maximum Gasteiger partial charge on any atom is 0.255 e. The molecule has 28 heavy (non-hydrogen) atoms. The van der Waals surface area contributed by atoms with Gasteiger partial charge in [0.1, 0.15) is 5.82 Å². The van der Waals surface area contributed by atoms with E-state index in [0.717, 1.165) is 0 Å². The fourth-order valence-electron chi connectivity index (χ4n) is 3.32. The van der Waals surface area contributed by atoms with Crippen molar-refractivity contribution in [1.29, 1.82) is 0 Å². The first-order chi connectivity index (χ1) is 13.2. The Bertz CT molecular complexity index is 967. The molecule has 1 saturated heterocycles. The highest BCUT2D eigenvalue weighted by Gasteiger charge is 2.31. The fraction of sp³-hybridized carbons (Fsp3) is 0.350. The van der Waals surface area contributed by atoms with Crippen molar-refractivity contribution < 1.29 is 17.6 Å². The van der Waals surface area contributed by atoms with E-state index in [9.17, 15) is 17.6 Å². The van der Waals surface area contributed by atoms with Gasteiger partial charge in [-0.25, -0.2) is 12.8 Å². The Morgan fingerprint density at radius 1 is 1.11 bits per heavy atom. The smallest absolute Gasteiger partial charge is 0.255 e. The molecule has 0 aromatic heterocycles. The van der Waals surface area contributed by atoms with Crippen LogP contribution in [0.4, 0.5) is 10.1 Å². The number of nitrogens with one attached hydrogen (secondary N) is 2. The quantitative estimate of drug-likeness (QED) is 0.820. The van der Waals surface area contributed by atoms with Crippen molar-refractivity contribution in [3.63, 3.8) is 0 Å². The van der Waals surface area contributed by atoms with Crippen molar-refractivity contribution in [3.05, 3.63) is 59.4 Å². The normalized spacial score (nSPS) is 20.7. The zero-order valence-electron chi connectivity index (χ0n) is 16.1. The first-order valence-electron chi connectivity index (χ1n) is 9.10. The molecule has 0 aliphatic carbocycles. The van der Waals surface area contributed by atoms with E-state index in [-0.39, 0.29) is 28.7 Å². The molecule has 1 fully saturated rings. The van der Waals surface area contributed by atoms with E-state index in [1.165, 1.54) is 34.6 Å². The number of amides is 1. The number of sulfonamides is 1. The third-order valence-corrected chi connectivity index (χ3v) is 6.54. The number of halogens is 1. The summed E-state index contributed by atoms with van der Waals surface area (Å²) in [6.07, 6.45) is 0. The van der Waals surface area contributed by atoms with E-state index in [4.69, 9.17) is 0 Å². The number of nitrogens with zero attached hydrogens (tertiary/aromatic N) is 1. The average molecular weight is 405 g/mol. The molecular formula is C20H24FN3O3S. The lowest BCUT2D eigenvalue weighted by atomic mass is 10.1. The summed E-state index contributed by atoms with van der Waals surface area (Å²) in [7, 11) is -3.60. The minimum Gasteiger partial charge on any atom is -0.322 e. The zero-order valence-corrected chi connectivity index (χ0v) is 16.9. The van der Waals surface area contributed by atoms with Crippen LogP contribution >= 0.6 is 0 Å². The molecule has 0 radical (unpaired) electrons. The number of rotatable bonds is 4. The lowest BCUT2D eigenvalue weighted by molar-refractivity contribution is 0.102. The summed E-state index contributed by atoms with van der Waals surface area (Å²) in [5.74, 6) is -0.758. The van der Waals surface area contributed by atoms with Gasteiger partial charge < -0.3 is 10.6 Å². The molecule has 1 aliphatic heterocycles. The Labute approximate surface area is 164 Å². The number of piperazine rings is 1. The molecule has 1 aliphatic rings. The monoisotopic (exact) mass is 405 g/mol. The summed E-state index contributed by atoms with van der Waals surface area (Å²) >= 11 is 0. The molecule has 150 valence electrons. The molecule has 2 N–H and O–H groups in total. The topological polar surface area (TPSA) is 78.5 Å². The fourth-order valence-corrected chi connectivity index (χ4v) is 4.94. The number of carbonyl (C=O) groups excluding carboxylic acids is 1. The van der Waals surface area contributed by atoms with E-state index in [0.29, 0.717) is 29.9 Å². The van der Waals surface area contributed by atoms with Gasteiger partial charge in [0.15, 0.2) is 0 Å². The number of aryl methyl sites for hydroxylation is 1. The predicted octanol–water partition coefficient (Wildman–Crippen LogP) is 2.76. The standard InChI is InChI=1S/C20H24FN3O3S/c1-13-10-16(4-9-19(13)21)20(25)23-17-5-7-18(8-6-17)28(26,27)24-11-14(2)22-15(3)12-24/h4-10,14-15,22H,11-12H2,1-3H3,(H,23,25). The third-order valence-electron chi connectivity index (χ3n) is 4.69. The van der Waals surface area contributed by atoms with Crippen LogP contribution in [0, 0.1) is 12.7 Å². The second kappa shape index (κ2) is 7.98. The van der Waals surface area contributed by atoms with Crippen LogP contribution in [0.3, 0.4) is 0 Å². The van der Waals surface area contributed by atoms with Crippen molar-refractivity contribution >= 4 is 21.6 Å². The minimum absolute atomic E-state index is 0.0799. The molecular weight excluding hydrogens is 381 g/mol. The van der Waals surface area contributed by atoms with Gasteiger partial charge in [0.25, 0.3) is 5.91 Å². The molecule has 1 amide bonds. The van der Waals surface area contributed by atoms with Crippen LogP contribution in [0.15, 0.2) is 47.4 Å². The van der Waals surface area contributed by atoms with Gasteiger partial charge in [0.2, 0.25) is 10.0 Å². The Kier molecular flexibility index (Phi) is 5.83. The van der Waals surface area contributed by atoms with E-state index < -0.39 is 10.0 Å². The highest BCUT2D eigenvalue weighted by Crippen LogP contribution is 2.21. The summed E-state index contributed by atoms with van der Waals surface area (Å²) in [5, 5.41) is 6.01. The maximum absolute atomic E-state index is 13.4. The number of carbonyl (C=O) groups is 1. The van der Waals surface area contributed by atoms with Crippen molar-refractivity contribution in [2.45, 2.75) is 37.8 Å². The first kappa shape index (κ1) is 20.4. The molecule has 6 nitrogen and oxygen atoms in total. The van der Waals surface area contributed by atoms with Crippen molar-refractivity contribution in [2.24, 2.45) is 0 Å². The van der Waals surface area contributed by atoms with Crippen LogP contribution in [0.5, 0.6) is 0 Å². The Morgan fingerprint density at radius 3 is 2.29 bits per heavy atom. The van der Waals surface area contributed by atoms with Gasteiger partial charge in [-0.1, -0.05) is 0 Å². The van der Waals surface area contributed by atoms with Gasteiger partial charge in [-0.3, -0.25) is 4.79 Å². The summed E-state index contributed by atoms with van der Waals surface area (Å²) in [6, 6.07) is 10.4. The molecule has 2 unspecified atom stereocenters. The molecule has 0 spiro atoms. The molecule has 0 bridgehead atoms. The maximum atomic E-state index is 13.4. The van der Waals surface area contributed by atoms with Gasteiger partial charge >= 0.3 is 0 Å². The molecule has 2 atom stereocenters. The highest BCUT2D eigenvalue weighted by molar-refractivity contribution is 7.89. The second-order valence-corrected chi connectivity index (χ2v) is 9.17. The van der Waals surface area contributed by atoms with Gasteiger partial charge in [-0.15, -0.1) is 0 Å². The number of benzene rings is 2. The van der Waals surface area contributed by atoms with Crippen LogP contribution in [-0.2, 0) is 10.0 Å².